The monoisotopic (exact) mass is 458 g/mol. The van der Waals surface area contributed by atoms with Crippen molar-refractivity contribution in [2.45, 2.75) is 51.1 Å². The fourth-order valence-electron chi connectivity index (χ4n) is 4.79. The van der Waals surface area contributed by atoms with Gasteiger partial charge < -0.3 is 9.64 Å². The van der Waals surface area contributed by atoms with Gasteiger partial charge in [-0.1, -0.05) is 0 Å². The first-order valence-corrected chi connectivity index (χ1v) is 10.6. The summed E-state index contributed by atoms with van der Waals surface area (Å²) in [6.45, 7) is 3.80. The second-order valence-electron chi connectivity index (χ2n) is 8.43. The molecular weight excluding hydrogens is 437 g/mol. The molecule has 0 unspecified atom stereocenters. The molecule has 0 radical (unpaired) electrons. The van der Waals surface area contributed by atoms with E-state index < -0.39 is 11.7 Å². The quantitative estimate of drug-likeness (QED) is 0.595. The Morgan fingerprint density at radius 3 is 2.52 bits per heavy atom. The summed E-state index contributed by atoms with van der Waals surface area (Å²) in [6.07, 6.45) is 0.430. The van der Waals surface area contributed by atoms with E-state index in [0.29, 0.717) is 17.8 Å². The first kappa shape index (κ1) is 21.4. The molecule has 0 spiro atoms. The number of alkyl halides is 3. The van der Waals surface area contributed by atoms with Gasteiger partial charge in [0.1, 0.15) is 11.8 Å². The minimum Gasteiger partial charge on any atom is -0.472 e. The number of likely N-dealkylation sites (tertiary alicyclic amines) is 1. The van der Waals surface area contributed by atoms with Gasteiger partial charge in [0, 0.05) is 24.0 Å². The van der Waals surface area contributed by atoms with E-state index >= 15 is 0 Å². The number of halogens is 3. The number of aryl methyl sites for hydroxylation is 1. The highest BCUT2D eigenvalue weighted by Crippen LogP contribution is 2.44. The van der Waals surface area contributed by atoms with Crippen molar-refractivity contribution < 1.29 is 22.7 Å². The van der Waals surface area contributed by atoms with Crippen LogP contribution < -0.4 is 4.74 Å². The van der Waals surface area contributed by atoms with E-state index in [9.17, 15) is 18.0 Å². The Kier molecular flexibility index (Phi) is 5.06. The number of carbonyl (C=O) groups is 1. The molecule has 2 bridgehead atoms. The lowest BCUT2D eigenvalue weighted by Gasteiger charge is -2.37. The molecule has 1 saturated heterocycles. The Morgan fingerprint density at radius 1 is 1.12 bits per heavy atom. The third-order valence-corrected chi connectivity index (χ3v) is 6.41. The number of ether oxygens (including phenoxy) is 1. The van der Waals surface area contributed by atoms with Gasteiger partial charge in [-0.05, 0) is 50.8 Å². The van der Waals surface area contributed by atoms with Crippen LogP contribution in [0.4, 0.5) is 13.2 Å². The number of hydrogen-bond donors (Lipinski definition) is 0. The lowest BCUT2D eigenvalue weighted by molar-refractivity contribution is -0.137. The molecule has 1 aliphatic heterocycles. The minimum atomic E-state index is -4.46. The summed E-state index contributed by atoms with van der Waals surface area (Å²) in [4.78, 5) is 25.1. The third-order valence-electron chi connectivity index (χ3n) is 6.41. The highest BCUT2D eigenvalue weighted by atomic mass is 19.4. The summed E-state index contributed by atoms with van der Waals surface area (Å²) in [5.41, 5.74) is 0.580. The maximum Gasteiger partial charge on any atom is 0.417 e. The lowest BCUT2D eigenvalue weighted by Crippen LogP contribution is -2.51. The summed E-state index contributed by atoms with van der Waals surface area (Å²) in [5, 5.41) is 8.26. The number of pyridine rings is 2. The highest BCUT2D eigenvalue weighted by Gasteiger charge is 2.53. The second kappa shape index (κ2) is 7.82. The number of nitrogens with zero attached hydrogens (tertiary/aromatic N) is 6. The van der Waals surface area contributed by atoms with Gasteiger partial charge in [0.25, 0.3) is 5.91 Å². The van der Waals surface area contributed by atoms with Gasteiger partial charge in [0.05, 0.1) is 24.0 Å². The average Bonchev–Trinajstić information content (AvgIpc) is 3.50. The fraction of sp³-hybridized carbons (Fsp3) is 0.409. The molecule has 172 valence electrons. The largest absolute Gasteiger partial charge is 0.472 e. The molecule has 0 N–H and O–H groups in total. The Morgan fingerprint density at radius 2 is 1.88 bits per heavy atom. The molecule has 1 aliphatic carbocycles. The van der Waals surface area contributed by atoms with Crippen LogP contribution in [0.3, 0.4) is 0 Å². The van der Waals surface area contributed by atoms with Crippen LogP contribution in [0.1, 0.15) is 41.5 Å². The van der Waals surface area contributed by atoms with E-state index in [1.54, 1.807) is 24.0 Å². The Hall–Kier alpha value is -3.50. The van der Waals surface area contributed by atoms with E-state index in [-0.39, 0.29) is 41.6 Å². The summed E-state index contributed by atoms with van der Waals surface area (Å²) in [6, 6.07) is 5.45. The van der Waals surface area contributed by atoms with E-state index in [0.717, 1.165) is 18.7 Å². The number of aromatic nitrogens is 5. The maximum atomic E-state index is 13.7. The first-order chi connectivity index (χ1) is 15.7. The fourth-order valence-corrected chi connectivity index (χ4v) is 4.79. The molecule has 1 saturated carbocycles. The minimum absolute atomic E-state index is 0.0244. The molecule has 0 aromatic carbocycles. The van der Waals surface area contributed by atoms with Crippen molar-refractivity contribution in [2.75, 3.05) is 0 Å². The van der Waals surface area contributed by atoms with Crippen LogP contribution in [0, 0.1) is 12.8 Å². The highest BCUT2D eigenvalue weighted by molar-refractivity contribution is 5.96. The van der Waals surface area contributed by atoms with Crippen molar-refractivity contribution >= 4 is 5.91 Å². The molecule has 4 heterocycles. The lowest BCUT2D eigenvalue weighted by atomic mass is 9.98. The zero-order chi connectivity index (χ0) is 23.3. The molecule has 4 atom stereocenters. The van der Waals surface area contributed by atoms with Crippen LogP contribution in [-0.2, 0) is 6.18 Å². The van der Waals surface area contributed by atoms with Crippen LogP contribution in [0.2, 0.25) is 0 Å². The number of fused-ring (bicyclic) bond motifs is 2. The molecule has 3 aromatic heterocycles. The predicted octanol–water partition coefficient (Wildman–Crippen LogP) is 3.46. The molecule has 1 amide bonds. The second-order valence-corrected chi connectivity index (χ2v) is 8.43. The maximum absolute atomic E-state index is 13.7. The van der Waals surface area contributed by atoms with Gasteiger partial charge in [-0.15, -0.1) is 4.80 Å². The number of hydrogen-bond acceptors (Lipinski definition) is 6. The van der Waals surface area contributed by atoms with E-state index in [1.807, 2.05) is 6.92 Å². The van der Waals surface area contributed by atoms with Crippen LogP contribution in [-0.4, -0.2) is 54.0 Å². The smallest absolute Gasteiger partial charge is 0.417 e. The molecular formula is C22H21F3N6O2. The van der Waals surface area contributed by atoms with Gasteiger partial charge in [-0.2, -0.15) is 23.4 Å². The molecule has 2 aliphatic rings. The summed E-state index contributed by atoms with van der Waals surface area (Å²) in [7, 11) is 0. The normalized spacial score (nSPS) is 24.3. The van der Waals surface area contributed by atoms with Gasteiger partial charge in [-0.3, -0.25) is 4.79 Å². The summed E-state index contributed by atoms with van der Waals surface area (Å²) >= 11 is 0. The first-order valence-electron chi connectivity index (χ1n) is 10.6. The van der Waals surface area contributed by atoms with Crippen molar-refractivity contribution in [3.63, 3.8) is 0 Å². The Labute approximate surface area is 187 Å². The van der Waals surface area contributed by atoms with Crippen molar-refractivity contribution in [2.24, 2.45) is 5.92 Å². The van der Waals surface area contributed by atoms with Crippen LogP contribution in [0.25, 0.3) is 5.69 Å². The molecule has 33 heavy (non-hydrogen) atoms. The zero-order valence-electron chi connectivity index (χ0n) is 17.9. The van der Waals surface area contributed by atoms with Crippen molar-refractivity contribution in [1.82, 2.24) is 29.9 Å². The standard InChI is InChI=1S/C22H21F3N6O2/c1-12-3-5-16(31-27-7-8-28-31)20(29-12)21(32)30-13(2)14-9-17(30)18(10-14)33-19-6-4-15(11-26-19)22(23,24)25/h3-8,11,13-14,17-18H,9-10H2,1-2H3/t13-,14+,17-,18+/m0/s1. The topological polar surface area (TPSA) is 86.0 Å². The summed E-state index contributed by atoms with van der Waals surface area (Å²) in [5.74, 6) is 0.0740. The van der Waals surface area contributed by atoms with Gasteiger partial charge >= 0.3 is 6.18 Å². The van der Waals surface area contributed by atoms with E-state index in [2.05, 4.69) is 20.2 Å². The molecule has 5 rings (SSSR count). The van der Waals surface area contributed by atoms with Crippen LogP contribution in [0.15, 0.2) is 42.9 Å². The van der Waals surface area contributed by atoms with Gasteiger partial charge in [0.15, 0.2) is 5.69 Å². The predicted molar refractivity (Wildman–Crippen MR) is 110 cm³/mol. The van der Waals surface area contributed by atoms with E-state index in [1.165, 1.54) is 23.3 Å². The zero-order valence-corrected chi connectivity index (χ0v) is 17.9. The number of carbonyl (C=O) groups excluding carboxylic acids is 1. The molecule has 3 aromatic rings. The van der Waals surface area contributed by atoms with Crippen molar-refractivity contribution in [3.05, 3.63) is 59.8 Å². The summed E-state index contributed by atoms with van der Waals surface area (Å²) < 4.78 is 44.4. The molecule has 8 nitrogen and oxygen atoms in total. The molecule has 11 heteroatoms. The van der Waals surface area contributed by atoms with Gasteiger partial charge in [0.2, 0.25) is 5.88 Å². The SMILES string of the molecule is Cc1ccc(-n2nccn2)c(C(=O)N2[C@@H](C)[C@H]3C[C@@H](Oc4ccc(C(F)(F)F)cn4)[C@@H]2C3)n1. The van der Waals surface area contributed by atoms with Crippen molar-refractivity contribution in [3.8, 4) is 11.6 Å². The number of piperidine rings is 1. The molecule has 2 fully saturated rings. The number of rotatable bonds is 4. The van der Waals surface area contributed by atoms with E-state index in [4.69, 9.17) is 4.74 Å². The number of amides is 1. The Bertz CT molecular complexity index is 1170. The average molecular weight is 458 g/mol. The van der Waals surface area contributed by atoms with Crippen LogP contribution >= 0.6 is 0 Å². The van der Waals surface area contributed by atoms with Gasteiger partial charge in [-0.25, -0.2) is 9.97 Å². The Balaban J connectivity index is 1.40. The van der Waals surface area contributed by atoms with Crippen LogP contribution in [0.5, 0.6) is 5.88 Å². The third kappa shape index (κ3) is 3.81. The van der Waals surface area contributed by atoms with Crippen molar-refractivity contribution in [1.29, 1.82) is 0 Å².